The molecule has 2 aromatic rings. The van der Waals surface area contributed by atoms with Crippen molar-refractivity contribution in [2.45, 2.75) is 32.7 Å². The van der Waals surface area contributed by atoms with Gasteiger partial charge in [-0.1, -0.05) is 19.8 Å². The number of hydrogen-bond acceptors (Lipinski definition) is 4. The molecule has 138 valence electrons. The molecule has 1 aromatic carbocycles. The van der Waals surface area contributed by atoms with Gasteiger partial charge >= 0.3 is 0 Å². The van der Waals surface area contributed by atoms with Crippen molar-refractivity contribution < 1.29 is 4.74 Å². The molecule has 0 fully saturated rings. The summed E-state index contributed by atoms with van der Waals surface area (Å²) in [5, 5.41) is 13.7. The third-order valence-corrected chi connectivity index (χ3v) is 3.60. The number of unbranched alkanes of at least 4 members (excludes halogenated alkanes) is 2. The number of methoxy groups -OCH3 is 1. The second-order valence-electron chi connectivity index (χ2n) is 5.39. The molecule has 0 bridgehead atoms. The van der Waals surface area contributed by atoms with Crippen LogP contribution in [0.15, 0.2) is 29.3 Å². The molecule has 1 aromatic heterocycles. The molecule has 0 spiro atoms. The first-order valence-electron chi connectivity index (χ1n) is 8.27. The number of nitrogens with zero attached hydrogens (tertiary/aromatic N) is 3. The van der Waals surface area contributed by atoms with Crippen LogP contribution >= 0.6 is 24.0 Å². The van der Waals surface area contributed by atoms with Gasteiger partial charge in [0.05, 0.1) is 13.7 Å². The summed E-state index contributed by atoms with van der Waals surface area (Å²) in [5.41, 5.74) is 0.945. The van der Waals surface area contributed by atoms with Gasteiger partial charge in [-0.3, -0.25) is 10.1 Å². The Bertz CT molecular complexity index is 641. The van der Waals surface area contributed by atoms with Gasteiger partial charge < -0.3 is 15.4 Å². The largest absolute Gasteiger partial charge is 0.497 e. The smallest absolute Gasteiger partial charge is 0.191 e. The summed E-state index contributed by atoms with van der Waals surface area (Å²) >= 11 is 0. The summed E-state index contributed by atoms with van der Waals surface area (Å²) < 4.78 is 5.16. The number of ether oxygens (including phenoxy) is 1. The summed E-state index contributed by atoms with van der Waals surface area (Å²) in [5.74, 6) is 3.01. The van der Waals surface area contributed by atoms with Crippen LogP contribution in [-0.4, -0.2) is 41.8 Å². The Morgan fingerprint density at radius 3 is 2.60 bits per heavy atom. The number of rotatable bonds is 8. The second-order valence-corrected chi connectivity index (χ2v) is 5.39. The van der Waals surface area contributed by atoms with Crippen molar-refractivity contribution in [3.63, 3.8) is 0 Å². The van der Waals surface area contributed by atoms with E-state index in [1.54, 1.807) is 14.2 Å². The molecule has 0 aliphatic heterocycles. The molecule has 0 aliphatic carbocycles. The van der Waals surface area contributed by atoms with E-state index in [1.165, 1.54) is 12.8 Å². The highest BCUT2D eigenvalue weighted by atomic mass is 127. The van der Waals surface area contributed by atoms with Crippen LogP contribution in [0.1, 0.15) is 32.0 Å². The summed E-state index contributed by atoms with van der Waals surface area (Å²) in [6, 6.07) is 7.66. The topological polar surface area (TPSA) is 87.2 Å². The molecule has 25 heavy (non-hydrogen) atoms. The maximum atomic E-state index is 5.16. The number of guanidine groups is 1. The van der Waals surface area contributed by atoms with E-state index in [-0.39, 0.29) is 24.0 Å². The molecule has 0 radical (unpaired) electrons. The Morgan fingerprint density at radius 2 is 1.96 bits per heavy atom. The second kappa shape index (κ2) is 11.7. The van der Waals surface area contributed by atoms with Gasteiger partial charge in [0.15, 0.2) is 11.8 Å². The van der Waals surface area contributed by atoms with Gasteiger partial charge in [-0.25, -0.2) is 4.98 Å². The predicted molar refractivity (Wildman–Crippen MR) is 112 cm³/mol. The number of benzene rings is 1. The van der Waals surface area contributed by atoms with Crippen molar-refractivity contribution in [3.05, 3.63) is 30.1 Å². The maximum Gasteiger partial charge on any atom is 0.191 e. The van der Waals surface area contributed by atoms with Gasteiger partial charge in [-0.05, 0) is 30.7 Å². The highest BCUT2D eigenvalue weighted by Crippen LogP contribution is 2.18. The average Bonchev–Trinajstić information content (AvgIpc) is 3.10. The molecule has 0 atom stereocenters. The molecular weight excluding hydrogens is 431 g/mol. The summed E-state index contributed by atoms with van der Waals surface area (Å²) in [6.45, 7) is 3.65. The van der Waals surface area contributed by atoms with Crippen molar-refractivity contribution in [2.75, 3.05) is 20.7 Å². The van der Waals surface area contributed by atoms with Gasteiger partial charge in [0.25, 0.3) is 0 Å². The Labute approximate surface area is 166 Å². The molecule has 1 heterocycles. The van der Waals surface area contributed by atoms with Crippen LogP contribution < -0.4 is 15.4 Å². The number of aromatic nitrogens is 3. The van der Waals surface area contributed by atoms with Crippen molar-refractivity contribution in [1.29, 1.82) is 0 Å². The van der Waals surface area contributed by atoms with Gasteiger partial charge in [0.2, 0.25) is 0 Å². The molecule has 0 aliphatic rings. The minimum Gasteiger partial charge on any atom is -0.497 e. The highest BCUT2D eigenvalue weighted by Gasteiger charge is 2.07. The van der Waals surface area contributed by atoms with Crippen LogP contribution in [0.2, 0.25) is 0 Å². The first-order chi connectivity index (χ1) is 11.8. The summed E-state index contributed by atoms with van der Waals surface area (Å²) in [4.78, 5) is 8.70. The zero-order chi connectivity index (χ0) is 17.2. The van der Waals surface area contributed by atoms with Crippen LogP contribution in [0.3, 0.4) is 0 Å². The SMILES string of the molecule is CCCCCNC(=NC)NCc1nc(-c2ccc(OC)cc2)n[nH]1.I. The summed E-state index contributed by atoms with van der Waals surface area (Å²) in [7, 11) is 3.41. The molecule has 3 N–H and O–H groups in total. The van der Waals surface area contributed by atoms with E-state index in [0.717, 1.165) is 36.1 Å². The number of nitrogens with one attached hydrogen (secondary N) is 3. The molecular formula is C17H27IN6O. The van der Waals surface area contributed by atoms with Gasteiger partial charge in [-0.2, -0.15) is 5.10 Å². The van der Waals surface area contributed by atoms with Crippen LogP contribution in [0, 0.1) is 0 Å². The fraction of sp³-hybridized carbons (Fsp3) is 0.471. The lowest BCUT2D eigenvalue weighted by molar-refractivity contribution is 0.415. The third kappa shape index (κ3) is 6.89. The first kappa shape index (κ1) is 21.2. The number of hydrogen-bond donors (Lipinski definition) is 3. The fourth-order valence-corrected chi connectivity index (χ4v) is 2.21. The van der Waals surface area contributed by atoms with E-state index < -0.39 is 0 Å². The average molecular weight is 458 g/mol. The lowest BCUT2D eigenvalue weighted by Gasteiger charge is -2.10. The number of H-pyrrole nitrogens is 1. The van der Waals surface area contributed by atoms with Gasteiger partial charge in [-0.15, -0.1) is 24.0 Å². The summed E-state index contributed by atoms with van der Waals surface area (Å²) in [6.07, 6.45) is 3.57. The zero-order valence-electron chi connectivity index (χ0n) is 15.0. The molecule has 0 amide bonds. The fourth-order valence-electron chi connectivity index (χ4n) is 2.21. The van der Waals surface area contributed by atoms with E-state index in [1.807, 2.05) is 24.3 Å². The van der Waals surface area contributed by atoms with Crippen molar-refractivity contribution >= 4 is 29.9 Å². The van der Waals surface area contributed by atoms with Gasteiger partial charge in [0.1, 0.15) is 11.6 Å². The highest BCUT2D eigenvalue weighted by molar-refractivity contribution is 14.0. The normalized spacial score (nSPS) is 10.9. The van der Waals surface area contributed by atoms with Crippen LogP contribution in [0.5, 0.6) is 5.75 Å². The predicted octanol–water partition coefficient (Wildman–Crippen LogP) is 2.95. The first-order valence-corrected chi connectivity index (χ1v) is 8.27. The van der Waals surface area contributed by atoms with Crippen molar-refractivity contribution in [3.8, 4) is 17.1 Å². The molecule has 7 nitrogen and oxygen atoms in total. The van der Waals surface area contributed by atoms with Crippen LogP contribution in [0.25, 0.3) is 11.4 Å². The molecule has 8 heteroatoms. The lowest BCUT2D eigenvalue weighted by Crippen LogP contribution is -2.37. The van der Waals surface area contributed by atoms with E-state index in [2.05, 4.69) is 37.7 Å². The Morgan fingerprint density at radius 1 is 1.20 bits per heavy atom. The molecule has 0 saturated carbocycles. The van der Waals surface area contributed by atoms with Crippen LogP contribution in [-0.2, 0) is 6.54 Å². The monoisotopic (exact) mass is 458 g/mol. The minimum atomic E-state index is 0. The van der Waals surface area contributed by atoms with Crippen molar-refractivity contribution in [1.82, 2.24) is 25.8 Å². The minimum absolute atomic E-state index is 0. The van der Waals surface area contributed by atoms with E-state index in [0.29, 0.717) is 12.4 Å². The molecule has 0 unspecified atom stereocenters. The third-order valence-electron chi connectivity index (χ3n) is 3.60. The van der Waals surface area contributed by atoms with E-state index in [9.17, 15) is 0 Å². The Kier molecular flexibility index (Phi) is 9.90. The molecule has 2 rings (SSSR count). The zero-order valence-corrected chi connectivity index (χ0v) is 17.3. The number of aliphatic imine (C=N–C) groups is 1. The van der Waals surface area contributed by atoms with E-state index in [4.69, 9.17) is 4.74 Å². The number of aromatic amines is 1. The number of halogens is 1. The lowest BCUT2D eigenvalue weighted by atomic mass is 10.2. The van der Waals surface area contributed by atoms with Gasteiger partial charge in [0, 0.05) is 19.2 Å². The Hall–Kier alpha value is -1.84. The maximum absolute atomic E-state index is 5.16. The Balaban J connectivity index is 0.00000312. The van der Waals surface area contributed by atoms with E-state index >= 15 is 0 Å². The van der Waals surface area contributed by atoms with Crippen LogP contribution in [0.4, 0.5) is 0 Å². The standard InChI is InChI=1S/C17H26N6O.HI/c1-4-5-6-11-19-17(18-2)20-12-15-21-16(23-22-15)13-7-9-14(24-3)10-8-13;/h7-10H,4-6,11-12H2,1-3H3,(H2,18,19,20)(H,21,22,23);1H. The molecule has 0 saturated heterocycles. The van der Waals surface area contributed by atoms with Crippen molar-refractivity contribution in [2.24, 2.45) is 4.99 Å². The quantitative estimate of drug-likeness (QED) is 0.245.